The molecule has 3 atom stereocenters. The summed E-state index contributed by atoms with van der Waals surface area (Å²) >= 11 is 0. The third kappa shape index (κ3) is 3.29. The Bertz CT molecular complexity index is 364. The number of hydrogen-bond donors (Lipinski definition) is 1. The van der Waals surface area contributed by atoms with Crippen molar-refractivity contribution in [2.24, 2.45) is 5.92 Å². The van der Waals surface area contributed by atoms with Gasteiger partial charge in [-0.1, -0.05) is 25.5 Å². The Kier molecular flexibility index (Phi) is 4.16. The molecule has 0 bridgehead atoms. The molecular weight excluding hydrogens is 213 g/mol. The molecule has 2 heteroatoms. The number of rotatable bonds is 4. The summed E-state index contributed by atoms with van der Waals surface area (Å²) in [6.07, 6.45) is 5.16. The Balaban J connectivity index is 1.91. The number of nitrogens with one attached hydrogen (secondary N) is 1. The minimum absolute atomic E-state index is 0.144. The second-order valence-corrected chi connectivity index (χ2v) is 5.23. The maximum Gasteiger partial charge on any atom is 0.123 e. The van der Waals surface area contributed by atoms with E-state index in [0.717, 1.165) is 11.5 Å². The number of hydrogen-bond acceptors (Lipinski definition) is 1. The van der Waals surface area contributed by atoms with Gasteiger partial charge < -0.3 is 5.32 Å². The largest absolute Gasteiger partial charge is 0.307 e. The van der Waals surface area contributed by atoms with Crippen molar-refractivity contribution in [3.63, 3.8) is 0 Å². The summed E-state index contributed by atoms with van der Waals surface area (Å²) < 4.78 is 13.1. The maximum atomic E-state index is 13.1. The summed E-state index contributed by atoms with van der Waals surface area (Å²) in [6.45, 7) is 4.39. The summed E-state index contributed by atoms with van der Waals surface area (Å²) in [5.41, 5.74) is 1.05. The number of halogens is 1. The molecule has 1 aliphatic rings. The van der Waals surface area contributed by atoms with E-state index in [4.69, 9.17) is 0 Å². The van der Waals surface area contributed by atoms with Gasteiger partial charge in [-0.15, -0.1) is 0 Å². The van der Waals surface area contributed by atoms with E-state index in [9.17, 15) is 4.39 Å². The van der Waals surface area contributed by atoms with Gasteiger partial charge in [0.15, 0.2) is 0 Å². The van der Waals surface area contributed by atoms with Crippen molar-refractivity contribution in [1.82, 2.24) is 5.32 Å². The highest BCUT2D eigenvalue weighted by Gasteiger charge is 2.24. The molecule has 0 saturated heterocycles. The van der Waals surface area contributed by atoms with Gasteiger partial charge in [0, 0.05) is 12.1 Å². The summed E-state index contributed by atoms with van der Waals surface area (Å²) in [5, 5.41) is 3.62. The molecule has 0 heterocycles. The summed E-state index contributed by atoms with van der Waals surface area (Å²) in [7, 11) is 0. The SMILES string of the molecule is CCC1CCC(N[C@@H](C)c2cccc(F)c2)C1. The van der Waals surface area contributed by atoms with Crippen LogP contribution in [0.15, 0.2) is 24.3 Å². The molecule has 0 aromatic heterocycles. The zero-order valence-corrected chi connectivity index (χ0v) is 10.7. The first-order chi connectivity index (χ1) is 8.19. The Morgan fingerprint density at radius 3 is 2.88 bits per heavy atom. The molecule has 1 fully saturated rings. The first-order valence-corrected chi connectivity index (χ1v) is 6.70. The van der Waals surface area contributed by atoms with Gasteiger partial charge in [-0.3, -0.25) is 0 Å². The van der Waals surface area contributed by atoms with Crippen molar-refractivity contribution < 1.29 is 4.39 Å². The van der Waals surface area contributed by atoms with Crippen LogP contribution in [0.1, 0.15) is 51.1 Å². The van der Waals surface area contributed by atoms with Crippen LogP contribution < -0.4 is 5.32 Å². The highest BCUT2D eigenvalue weighted by atomic mass is 19.1. The minimum Gasteiger partial charge on any atom is -0.307 e. The molecule has 0 aliphatic heterocycles. The van der Waals surface area contributed by atoms with Crippen molar-refractivity contribution in [1.29, 1.82) is 0 Å². The minimum atomic E-state index is -0.144. The Morgan fingerprint density at radius 2 is 2.24 bits per heavy atom. The van der Waals surface area contributed by atoms with Crippen LogP contribution in [0.4, 0.5) is 4.39 Å². The second kappa shape index (κ2) is 5.63. The van der Waals surface area contributed by atoms with Gasteiger partial charge in [0.2, 0.25) is 0 Å². The molecule has 2 rings (SSSR count). The molecule has 17 heavy (non-hydrogen) atoms. The second-order valence-electron chi connectivity index (χ2n) is 5.23. The van der Waals surface area contributed by atoms with Crippen molar-refractivity contribution in [3.05, 3.63) is 35.6 Å². The quantitative estimate of drug-likeness (QED) is 0.830. The van der Waals surface area contributed by atoms with Crippen LogP contribution in [-0.2, 0) is 0 Å². The highest BCUT2D eigenvalue weighted by Crippen LogP contribution is 2.29. The first-order valence-electron chi connectivity index (χ1n) is 6.70. The monoisotopic (exact) mass is 235 g/mol. The van der Waals surface area contributed by atoms with Crippen LogP contribution in [0.5, 0.6) is 0 Å². The molecule has 1 aliphatic carbocycles. The molecule has 0 radical (unpaired) electrons. The van der Waals surface area contributed by atoms with E-state index in [1.165, 1.54) is 31.7 Å². The van der Waals surface area contributed by atoms with Gasteiger partial charge in [0.1, 0.15) is 5.82 Å². The van der Waals surface area contributed by atoms with Crippen LogP contribution in [0, 0.1) is 11.7 Å². The molecule has 94 valence electrons. The molecule has 1 N–H and O–H groups in total. The van der Waals surface area contributed by atoms with Gasteiger partial charge >= 0.3 is 0 Å². The van der Waals surface area contributed by atoms with Gasteiger partial charge in [-0.05, 0) is 49.8 Å². The van der Waals surface area contributed by atoms with E-state index in [1.807, 2.05) is 6.07 Å². The van der Waals surface area contributed by atoms with Crippen LogP contribution >= 0.6 is 0 Å². The third-order valence-electron chi connectivity index (χ3n) is 3.95. The lowest BCUT2D eigenvalue weighted by Crippen LogP contribution is -2.29. The zero-order chi connectivity index (χ0) is 12.3. The predicted octanol–water partition coefficient (Wildman–Crippen LogP) is 4.06. The normalized spacial score (nSPS) is 26.1. The van der Waals surface area contributed by atoms with Crippen molar-refractivity contribution >= 4 is 0 Å². The highest BCUT2D eigenvalue weighted by molar-refractivity contribution is 5.19. The third-order valence-corrected chi connectivity index (χ3v) is 3.95. The summed E-state index contributed by atoms with van der Waals surface area (Å²) in [6, 6.07) is 7.76. The maximum absolute atomic E-state index is 13.1. The molecule has 1 saturated carbocycles. The topological polar surface area (TPSA) is 12.0 Å². The van der Waals surface area contributed by atoms with E-state index < -0.39 is 0 Å². The molecule has 2 unspecified atom stereocenters. The van der Waals surface area contributed by atoms with Crippen molar-refractivity contribution in [2.45, 2.75) is 51.6 Å². The van der Waals surface area contributed by atoms with E-state index in [2.05, 4.69) is 19.2 Å². The van der Waals surface area contributed by atoms with Crippen LogP contribution in [0.3, 0.4) is 0 Å². The van der Waals surface area contributed by atoms with Crippen molar-refractivity contribution in [3.8, 4) is 0 Å². The molecule has 1 aromatic rings. The smallest absolute Gasteiger partial charge is 0.123 e. The van der Waals surface area contributed by atoms with Gasteiger partial charge in [0.25, 0.3) is 0 Å². The van der Waals surface area contributed by atoms with E-state index in [1.54, 1.807) is 12.1 Å². The molecule has 1 aromatic carbocycles. The van der Waals surface area contributed by atoms with Gasteiger partial charge in [-0.25, -0.2) is 4.39 Å². The summed E-state index contributed by atoms with van der Waals surface area (Å²) in [4.78, 5) is 0. The van der Waals surface area contributed by atoms with E-state index in [0.29, 0.717) is 6.04 Å². The van der Waals surface area contributed by atoms with Gasteiger partial charge in [-0.2, -0.15) is 0 Å². The fourth-order valence-corrected chi connectivity index (χ4v) is 2.82. The molecule has 0 spiro atoms. The van der Waals surface area contributed by atoms with E-state index in [-0.39, 0.29) is 11.9 Å². The zero-order valence-electron chi connectivity index (χ0n) is 10.7. The Hall–Kier alpha value is -0.890. The lowest BCUT2D eigenvalue weighted by atomic mass is 10.0. The average molecular weight is 235 g/mol. The molecule has 1 nitrogen and oxygen atoms in total. The Labute approximate surface area is 103 Å². The summed E-state index contributed by atoms with van der Waals surface area (Å²) in [5.74, 6) is 0.737. The average Bonchev–Trinajstić information content (AvgIpc) is 2.77. The van der Waals surface area contributed by atoms with E-state index >= 15 is 0 Å². The first kappa shape index (κ1) is 12.6. The van der Waals surface area contributed by atoms with Gasteiger partial charge in [0.05, 0.1) is 0 Å². The predicted molar refractivity (Wildman–Crippen MR) is 69.4 cm³/mol. The fraction of sp³-hybridized carbons (Fsp3) is 0.600. The standard InChI is InChI=1S/C15H22FN/c1-3-12-7-8-15(9-12)17-11(2)13-5-4-6-14(16)10-13/h4-6,10-12,15,17H,3,7-9H2,1-2H3/t11-,12?,15?/m0/s1. The van der Waals surface area contributed by atoms with Crippen LogP contribution in [-0.4, -0.2) is 6.04 Å². The van der Waals surface area contributed by atoms with Crippen molar-refractivity contribution in [2.75, 3.05) is 0 Å². The Morgan fingerprint density at radius 1 is 1.41 bits per heavy atom. The molecule has 0 amide bonds. The van der Waals surface area contributed by atoms with Crippen LogP contribution in [0.25, 0.3) is 0 Å². The fourth-order valence-electron chi connectivity index (χ4n) is 2.82. The number of benzene rings is 1. The van der Waals surface area contributed by atoms with Crippen LogP contribution in [0.2, 0.25) is 0 Å². The lowest BCUT2D eigenvalue weighted by Gasteiger charge is -2.20. The molecular formula is C15H22FN. The lowest BCUT2D eigenvalue weighted by molar-refractivity contribution is 0.436.